The summed E-state index contributed by atoms with van der Waals surface area (Å²) < 4.78 is 28.8. The number of carbonyl (C=O) groups is 1. The predicted octanol–water partition coefficient (Wildman–Crippen LogP) is 4.44. The molecular formula is C29H28N4O7S. The number of aromatic nitrogens is 1. The molecule has 0 aliphatic carbocycles. The quantitative estimate of drug-likeness (QED) is 0.193. The average molecular weight is 577 g/mol. The Morgan fingerprint density at radius 1 is 0.927 bits per heavy atom. The highest BCUT2D eigenvalue weighted by atomic mass is 32.2. The van der Waals surface area contributed by atoms with Crippen molar-refractivity contribution in [1.82, 2.24) is 14.4 Å². The molecule has 1 aromatic heterocycles. The number of phenolic OH excluding ortho intramolecular Hbond substituents is 1. The maximum Gasteiger partial charge on any atom is 0.289 e. The Balaban J connectivity index is 1.71. The van der Waals surface area contributed by atoms with Crippen LogP contribution >= 0.6 is 0 Å². The number of nitro groups is 1. The van der Waals surface area contributed by atoms with Gasteiger partial charge in [-0.3, -0.25) is 24.7 Å². The monoisotopic (exact) mass is 576 g/mol. The normalized spacial score (nSPS) is 12.1. The maximum atomic E-state index is 14.0. The highest BCUT2D eigenvalue weighted by molar-refractivity contribution is 7.89. The van der Waals surface area contributed by atoms with Crippen LogP contribution < -0.4 is 0 Å². The predicted molar refractivity (Wildman–Crippen MR) is 149 cm³/mol. The molecule has 0 spiro atoms. The summed E-state index contributed by atoms with van der Waals surface area (Å²) in [6, 6.07) is 22.2. The number of pyridine rings is 1. The summed E-state index contributed by atoms with van der Waals surface area (Å²) in [4.78, 5) is 34.3. The van der Waals surface area contributed by atoms with Gasteiger partial charge in [-0.25, -0.2) is 13.5 Å². The van der Waals surface area contributed by atoms with E-state index < -0.39 is 37.5 Å². The molecule has 0 aliphatic rings. The summed E-state index contributed by atoms with van der Waals surface area (Å²) in [5.74, 6) is -0.607. The topological polar surface area (TPSA) is 143 Å². The first-order valence-corrected chi connectivity index (χ1v) is 14.0. The second-order valence-corrected chi connectivity index (χ2v) is 11.0. The number of rotatable bonds is 12. The highest BCUT2D eigenvalue weighted by Gasteiger charge is 2.39. The van der Waals surface area contributed by atoms with Gasteiger partial charge in [-0.15, -0.1) is 0 Å². The van der Waals surface area contributed by atoms with Crippen molar-refractivity contribution in [3.8, 4) is 5.75 Å². The highest BCUT2D eigenvalue weighted by Crippen LogP contribution is 2.29. The molecule has 1 heterocycles. The summed E-state index contributed by atoms with van der Waals surface area (Å²) in [5.41, 5.74) is 1.28. The summed E-state index contributed by atoms with van der Waals surface area (Å²) in [7, 11) is -4.56. The van der Waals surface area contributed by atoms with Crippen LogP contribution in [0, 0.1) is 10.1 Å². The van der Waals surface area contributed by atoms with Gasteiger partial charge < -0.3 is 5.11 Å². The van der Waals surface area contributed by atoms with Gasteiger partial charge in [0.1, 0.15) is 18.4 Å². The van der Waals surface area contributed by atoms with Crippen molar-refractivity contribution in [2.45, 2.75) is 37.6 Å². The number of phenols is 1. The second-order valence-electron chi connectivity index (χ2n) is 9.11. The summed E-state index contributed by atoms with van der Waals surface area (Å²) >= 11 is 0. The van der Waals surface area contributed by atoms with E-state index in [0.29, 0.717) is 11.1 Å². The van der Waals surface area contributed by atoms with E-state index in [1.54, 1.807) is 48.5 Å². The molecule has 1 amide bonds. The van der Waals surface area contributed by atoms with Crippen LogP contribution in [0.1, 0.15) is 23.6 Å². The first kappa shape index (κ1) is 29.3. The van der Waals surface area contributed by atoms with Gasteiger partial charge in [-0.05, 0) is 47.9 Å². The average Bonchev–Trinajstić information content (AvgIpc) is 2.99. The van der Waals surface area contributed by atoms with Crippen LogP contribution in [0.3, 0.4) is 0 Å². The minimum atomic E-state index is -4.56. The van der Waals surface area contributed by atoms with Gasteiger partial charge in [0.05, 0.1) is 11.5 Å². The Morgan fingerprint density at radius 3 is 2.24 bits per heavy atom. The van der Waals surface area contributed by atoms with Gasteiger partial charge in [0.2, 0.25) is 0 Å². The Hall–Kier alpha value is -4.65. The van der Waals surface area contributed by atoms with E-state index in [9.17, 15) is 28.4 Å². The SMILES string of the molecule is C[C@@H](C(=O)N(Cc1ccccc1)OCc1ccc(O)cc1)N(Cc1cccnc1)S(=O)(=O)c1ccccc1[N+](=O)[O-]. The number of hydrogen-bond donors (Lipinski definition) is 1. The van der Waals surface area contributed by atoms with Crippen LogP contribution in [0.4, 0.5) is 5.69 Å². The van der Waals surface area contributed by atoms with Crippen LogP contribution in [-0.4, -0.2) is 44.7 Å². The molecule has 212 valence electrons. The molecule has 1 atom stereocenters. The molecule has 0 saturated heterocycles. The Morgan fingerprint density at radius 2 is 1.59 bits per heavy atom. The molecule has 4 rings (SSSR count). The molecule has 11 nitrogen and oxygen atoms in total. The minimum absolute atomic E-state index is 0.00830. The standard InChI is InChI=1S/C29H28N4O7S/c1-22(29(35)31(19-23-8-3-2-4-9-23)40-21-24-13-15-26(34)16-14-24)32(20-25-10-7-17-30-18-25)41(38,39)28-12-6-5-11-27(28)33(36)37/h2-18,22,34H,19-21H2,1H3/t22-/m0/s1. The van der Waals surface area contributed by atoms with Gasteiger partial charge in [0.25, 0.3) is 21.6 Å². The lowest BCUT2D eigenvalue weighted by atomic mass is 10.2. The van der Waals surface area contributed by atoms with Gasteiger partial charge in [-0.1, -0.05) is 60.7 Å². The first-order chi connectivity index (χ1) is 19.7. The fraction of sp³-hybridized carbons (Fsp3) is 0.172. The van der Waals surface area contributed by atoms with E-state index in [1.807, 2.05) is 6.07 Å². The van der Waals surface area contributed by atoms with Crippen LogP contribution in [0.2, 0.25) is 0 Å². The van der Waals surface area contributed by atoms with Gasteiger partial charge >= 0.3 is 0 Å². The van der Waals surface area contributed by atoms with E-state index in [2.05, 4.69) is 4.98 Å². The molecule has 0 radical (unpaired) electrons. The number of nitro benzene ring substituents is 1. The van der Waals surface area contributed by atoms with Gasteiger partial charge in [-0.2, -0.15) is 4.31 Å². The van der Waals surface area contributed by atoms with Crippen molar-refractivity contribution in [2.24, 2.45) is 0 Å². The van der Waals surface area contributed by atoms with Crippen molar-refractivity contribution in [3.63, 3.8) is 0 Å². The first-order valence-electron chi connectivity index (χ1n) is 12.6. The minimum Gasteiger partial charge on any atom is -0.508 e. The lowest BCUT2D eigenvalue weighted by Crippen LogP contribution is -2.49. The van der Waals surface area contributed by atoms with Crippen LogP contribution in [0.5, 0.6) is 5.75 Å². The number of aromatic hydroxyl groups is 1. The molecule has 0 aliphatic heterocycles. The van der Waals surface area contributed by atoms with Gasteiger partial charge in [0.15, 0.2) is 4.90 Å². The van der Waals surface area contributed by atoms with Crippen molar-refractivity contribution in [3.05, 3.63) is 130 Å². The number of carbonyl (C=O) groups excluding carboxylic acids is 1. The molecule has 0 fully saturated rings. The van der Waals surface area contributed by atoms with Crippen molar-refractivity contribution < 1.29 is 28.1 Å². The molecule has 4 aromatic rings. The lowest BCUT2D eigenvalue weighted by molar-refractivity contribution is -0.387. The van der Waals surface area contributed by atoms with Crippen LogP contribution in [0.25, 0.3) is 0 Å². The van der Waals surface area contributed by atoms with Crippen LogP contribution in [0.15, 0.2) is 108 Å². The fourth-order valence-electron chi connectivity index (χ4n) is 4.07. The molecule has 0 unspecified atom stereocenters. The van der Waals surface area contributed by atoms with E-state index in [4.69, 9.17) is 4.84 Å². The van der Waals surface area contributed by atoms with Crippen molar-refractivity contribution in [1.29, 1.82) is 0 Å². The third-order valence-corrected chi connectivity index (χ3v) is 8.20. The molecule has 0 bridgehead atoms. The molecule has 12 heteroatoms. The number of benzene rings is 3. The van der Waals surface area contributed by atoms with E-state index >= 15 is 0 Å². The zero-order valence-corrected chi connectivity index (χ0v) is 22.9. The lowest BCUT2D eigenvalue weighted by Gasteiger charge is -2.31. The molecule has 41 heavy (non-hydrogen) atoms. The number of hydroxylamine groups is 2. The van der Waals surface area contributed by atoms with Crippen molar-refractivity contribution >= 4 is 21.6 Å². The largest absolute Gasteiger partial charge is 0.508 e. The molecule has 0 saturated carbocycles. The van der Waals surface area contributed by atoms with E-state index in [-0.39, 0.29) is 25.4 Å². The number of hydrogen-bond acceptors (Lipinski definition) is 8. The molecular weight excluding hydrogens is 548 g/mol. The fourth-order valence-corrected chi connectivity index (χ4v) is 5.80. The Kier molecular flexibility index (Phi) is 9.40. The summed E-state index contributed by atoms with van der Waals surface area (Å²) in [6.45, 7) is 1.11. The van der Waals surface area contributed by atoms with Crippen LogP contribution in [-0.2, 0) is 39.4 Å². The number of nitrogens with zero attached hydrogens (tertiary/aromatic N) is 4. The molecule has 3 aromatic carbocycles. The third kappa shape index (κ3) is 7.31. The zero-order chi connectivity index (χ0) is 29.4. The smallest absolute Gasteiger partial charge is 0.289 e. The number of para-hydroxylation sites is 1. The number of sulfonamides is 1. The van der Waals surface area contributed by atoms with E-state index in [0.717, 1.165) is 27.1 Å². The summed E-state index contributed by atoms with van der Waals surface area (Å²) in [6.07, 6.45) is 2.99. The van der Waals surface area contributed by atoms with Crippen molar-refractivity contribution in [2.75, 3.05) is 0 Å². The van der Waals surface area contributed by atoms with E-state index in [1.165, 1.54) is 43.6 Å². The molecule has 1 N–H and O–H groups in total. The number of amides is 1. The Bertz CT molecular complexity index is 1580. The maximum absolute atomic E-state index is 14.0. The third-order valence-electron chi connectivity index (χ3n) is 6.24. The zero-order valence-electron chi connectivity index (χ0n) is 22.1. The van der Waals surface area contributed by atoms with Gasteiger partial charge in [0, 0.05) is 25.0 Å². The Labute approximate surface area is 237 Å². The summed E-state index contributed by atoms with van der Waals surface area (Å²) in [5, 5.41) is 22.4. The second kappa shape index (κ2) is 13.1.